The Kier molecular flexibility index (Phi) is 5.74. The van der Waals surface area contributed by atoms with Gasteiger partial charge in [0.05, 0.1) is 13.0 Å². The number of carbonyl (C=O) groups excluding carboxylic acids is 3. The molecule has 1 heterocycles. The molecule has 7 nitrogen and oxygen atoms in total. The first-order chi connectivity index (χ1) is 11.1. The van der Waals surface area contributed by atoms with Crippen molar-refractivity contribution >= 4 is 28.7 Å². The Labute approximate surface area is 133 Å². The van der Waals surface area contributed by atoms with Gasteiger partial charge in [-0.15, -0.1) is 0 Å². The highest BCUT2D eigenvalue weighted by Crippen LogP contribution is 2.14. The lowest BCUT2D eigenvalue weighted by Crippen LogP contribution is -2.43. The molecule has 1 aromatic carbocycles. The van der Waals surface area contributed by atoms with E-state index < -0.39 is 11.9 Å². The predicted octanol–water partition coefficient (Wildman–Crippen LogP) is 1.13. The molecule has 2 N–H and O–H groups in total. The number of hydrogen-bond acceptors (Lipinski definition) is 4. The Bertz CT molecular complexity index is 708. The van der Waals surface area contributed by atoms with Crippen LogP contribution in [0.4, 0.5) is 0 Å². The van der Waals surface area contributed by atoms with Gasteiger partial charge in [-0.1, -0.05) is 18.2 Å². The number of benzene rings is 1. The molecule has 7 heteroatoms. The molecule has 0 radical (unpaired) electrons. The van der Waals surface area contributed by atoms with Gasteiger partial charge in [-0.3, -0.25) is 25.2 Å². The monoisotopic (exact) mass is 317 g/mol. The topological polar surface area (TPSA) is 89.4 Å². The molecule has 0 fully saturated rings. The fraction of sp³-hybridized carbons (Fsp3) is 0.312. The van der Waals surface area contributed by atoms with Crippen LogP contribution < -0.4 is 10.9 Å². The number of para-hydroxylation sites is 1. The molecule has 2 amide bonds. The molecule has 2 aromatic rings. The minimum atomic E-state index is -0.441. The summed E-state index contributed by atoms with van der Waals surface area (Å²) in [5.74, 6) is -1.23. The van der Waals surface area contributed by atoms with E-state index in [0.717, 1.165) is 10.9 Å². The highest BCUT2D eigenvalue weighted by Gasteiger charge is 2.09. The molecule has 0 bridgehead atoms. The number of fused-ring (bicyclic) bond motifs is 1. The van der Waals surface area contributed by atoms with Gasteiger partial charge in [0, 0.05) is 18.1 Å². The molecule has 0 unspecified atom stereocenters. The Morgan fingerprint density at radius 1 is 1.04 bits per heavy atom. The zero-order valence-corrected chi connectivity index (χ0v) is 12.9. The lowest BCUT2D eigenvalue weighted by Gasteiger charge is -2.09. The molecule has 0 atom stereocenters. The summed E-state index contributed by atoms with van der Waals surface area (Å²) in [6, 6.07) is 9.62. The zero-order valence-electron chi connectivity index (χ0n) is 12.9. The second-order valence-corrected chi connectivity index (χ2v) is 4.90. The molecule has 0 aliphatic heterocycles. The van der Waals surface area contributed by atoms with Crippen molar-refractivity contribution in [2.75, 3.05) is 6.61 Å². The minimum Gasteiger partial charge on any atom is -0.466 e. The van der Waals surface area contributed by atoms with Crippen LogP contribution in [-0.2, 0) is 25.7 Å². The number of rotatable bonds is 6. The van der Waals surface area contributed by atoms with E-state index in [4.69, 9.17) is 4.74 Å². The molecule has 1 aromatic heterocycles. The van der Waals surface area contributed by atoms with E-state index in [-0.39, 0.29) is 31.9 Å². The van der Waals surface area contributed by atoms with E-state index in [1.54, 1.807) is 11.5 Å². The molecule has 0 aliphatic carbocycles. The third kappa shape index (κ3) is 4.84. The Hall–Kier alpha value is -2.83. The summed E-state index contributed by atoms with van der Waals surface area (Å²) in [5, 5.41) is 1.04. The Morgan fingerprint density at radius 2 is 1.78 bits per heavy atom. The van der Waals surface area contributed by atoms with Crippen LogP contribution in [0.25, 0.3) is 10.9 Å². The first kappa shape index (κ1) is 16.5. The predicted molar refractivity (Wildman–Crippen MR) is 84.1 cm³/mol. The zero-order chi connectivity index (χ0) is 16.7. The summed E-state index contributed by atoms with van der Waals surface area (Å²) in [7, 11) is 0. The smallest absolute Gasteiger partial charge is 0.306 e. The van der Waals surface area contributed by atoms with Crippen molar-refractivity contribution in [3.8, 4) is 0 Å². The molecule has 122 valence electrons. The molecule has 0 spiro atoms. The van der Waals surface area contributed by atoms with E-state index in [1.807, 2.05) is 36.5 Å². The highest BCUT2D eigenvalue weighted by molar-refractivity contribution is 5.86. The van der Waals surface area contributed by atoms with Gasteiger partial charge in [-0.05, 0) is 24.4 Å². The van der Waals surface area contributed by atoms with Crippen molar-refractivity contribution in [2.45, 2.75) is 26.3 Å². The fourth-order valence-corrected chi connectivity index (χ4v) is 2.12. The molecular weight excluding hydrogens is 298 g/mol. The fourth-order valence-electron chi connectivity index (χ4n) is 2.12. The summed E-state index contributed by atoms with van der Waals surface area (Å²) < 4.78 is 6.51. The van der Waals surface area contributed by atoms with E-state index in [2.05, 4.69) is 10.9 Å². The van der Waals surface area contributed by atoms with Crippen molar-refractivity contribution in [1.29, 1.82) is 0 Å². The van der Waals surface area contributed by atoms with E-state index >= 15 is 0 Å². The standard InChI is InChI=1S/C16H19N3O4/c1-2-23-16(22)8-7-14(20)17-18-15(21)11-19-10-9-12-5-3-4-6-13(12)19/h3-6,9-10H,2,7-8,11H2,1H3,(H,17,20)(H,18,21). The molecule has 0 saturated carbocycles. The van der Waals surface area contributed by atoms with Gasteiger partial charge in [0.25, 0.3) is 5.91 Å². The van der Waals surface area contributed by atoms with Crippen molar-refractivity contribution in [2.24, 2.45) is 0 Å². The number of ether oxygens (including phenoxy) is 1. The quantitative estimate of drug-likeness (QED) is 0.617. The minimum absolute atomic E-state index is 0.0161. The largest absolute Gasteiger partial charge is 0.466 e. The van der Waals surface area contributed by atoms with Crippen LogP contribution >= 0.6 is 0 Å². The number of hydrogen-bond donors (Lipinski definition) is 2. The van der Waals surface area contributed by atoms with Crippen LogP contribution in [0.15, 0.2) is 36.5 Å². The average Bonchev–Trinajstić information content (AvgIpc) is 2.94. The van der Waals surface area contributed by atoms with Crippen LogP contribution in [0.3, 0.4) is 0 Å². The van der Waals surface area contributed by atoms with Crippen molar-refractivity contribution < 1.29 is 19.1 Å². The maximum atomic E-state index is 11.9. The SMILES string of the molecule is CCOC(=O)CCC(=O)NNC(=O)Cn1ccc2ccccc21. The number of hydrazine groups is 1. The molecule has 0 aliphatic rings. The summed E-state index contributed by atoms with van der Waals surface area (Å²) in [6.45, 7) is 2.07. The van der Waals surface area contributed by atoms with Crippen LogP contribution in [0.2, 0.25) is 0 Å². The van der Waals surface area contributed by atoms with Gasteiger partial charge in [0.15, 0.2) is 0 Å². The van der Waals surface area contributed by atoms with Crippen molar-refractivity contribution in [1.82, 2.24) is 15.4 Å². The third-order valence-corrected chi connectivity index (χ3v) is 3.20. The van der Waals surface area contributed by atoms with Gasteiger partial charge < -0.3 is 9.30 Å². The number of carbonyl (C=O) groups is 3. The summed E-state index contributed by atoms with van der Waals surface area (Å²) in [4.78, 5) is 34.5. The number of aromatic nitrogens is 1. The Balaban J connectivity index is 1.77. The van der Waals surface area contributed by atoms with Crippen LogP contribution in [0.5, 0.6) is 0 Å². The maximum absolute atomic E-state index is 11.9. The highest BCUT2D eigenvalue weighted by atomic mass is 16.5. The average molecular weight is 317 g/mol. The van der Waals surface area contributed by atoms with Crippen LogP contribution in [0.1, 0.15) is 19.8 Å². The summed E-state index contributed by atoms with van der Waals surface area (Å²) >= 11 is 0. The number of nitrogens with one attached hydrogen (secondary N) is 2. The Morgan fingerprint density at radius 3 is 2.57 bits per heavy atom. The molecular formula is C16H19N3O4. The van der Waals surface area contributed by atoms with Gasteiger partial charge in [0.2, 0.25) is 5.91 Å². The van der Waals surface area contributed by atoms with Gasteiger partial charge in [-0.25, -0.2) is 0 Å². The number of amides is 2. The first-order valence-corrected chi connectivity index (χ1v) is 7.37. The summed E-state index contributed by atoms with van der Waals surface area (Å²) in [6.07, 6.45) is 1.76. The molecule has 23 heavy (non-hydrogen) atoms. The van der Waals surface area contributed by atoms with Gasteiger partial charge in [0.1, 0.15) is 6.54 Å². The van der Waals surface area contributed by atoms with Gasteiger partial charge in [-0.2, -0.15) is 0 Å². The van der Waals surface area contributed by atoms with Crippen LogP contribution in [-0.4, -0.2) is 29.0 Å². The normalized spacial score (nSPS) is 10.3. The maximum Gasteiger partial charge on any atom is 0.306 e. The van der Waals surface area contributed by atoms with Gasteiger partial charge >= 0.3 is 5.97 Å². The van der Waals surface area contributed by atoms with E-state index in [1.165, 1.54) is 0 Å². The number of nitrogens with zero attached hydrogens (tertiary/aromatic N) is 1. The summed E-state index contributed by atoms with van der Waals surface area (Å²) in [5.41, 5.74) is 5.55. The lowest BCUT2D eigenvalue weighted by molar-refractivity contribution is -0.144. The van der Waals surface area contributed by atoms with Crippen molar-refractivity contribution in [3.63, 3.8) is 0 Å². The molecule has 0 saturated heterocycles. The third-order valence-electron chi connectivity index (χ3n) is 3.20. The second-order valence-electron chi connectivity index (χ2n) is 4.90. The van der Waals surface area contributed by atoms with E-state index in [9.17, 15) is 14.4 Å². The second kappa shape index (κ2) is 7.98. The molecule has 2 rings (SSSR count). The lowest BCUT2D eigenvalue weighted by atomic mass is 10.2. The van der Waals surface area contributed by atoms with E-state index in [0.29, 0.717) is 0 Å². The number of esters is 1. The first-order valence-electron chi connectivity index (χ1n) is 7.37. The van der Waals surface area contributed by atoms with Crippen molar-refractivity contribution in [3.05, 3.63) is 36.5 Å². The van der Waals surface area contributed by atoms with Crippen LogP contribution in [0, 0.1) is 0 Å².